The monoisotopic (exact) mass is 424 g/mol. The van der Waals surface area contributed by atoms with Crippen LogP contribution >= 0.6 is 0 Å². The second-order valence-corrected chi connectivity index (χ2v) is 7.56. The van der Waals surface area contributed by atoms with E-state index < -0.39 is 0 Å². The van der Waals surface area contributed by atoms with Crippen molar-refractivity contribution in [1.82, 2.24) is 19.1 Å². The summed E-state index contributed by atoms with van der Waals surface area (Å²) >= 11 is 0. The van der Waals surface area contributed by atoms with E-state index in [1.165, 1.54) is 0 Å². The fraction of sp³-hybridized carbons (Fsp3) is 0.120. The molecule has 4 aromatic heterocycles. The molecule has 7 heteroatoms. The van der Waals surface area contributed by atoms with Gasteiger partial charge in [0.2, 0.25) is 0 Å². The zero-order chi connectivity index (χ0) is 22.1. The van der Waals surface area contributed by atoms with Gasteiger partial charge in [0.05, 0.1) is 42.0 Å². The van der Waals surface area contributed by atoms with Crippen molar-refractivity contribution in [2.24, 2.45) is 0 Å². The van der Waals surface area contributed by atoms with Gasteiger partial charge in [0.15, 0.2) is 0 Å². The topological polar surface area (TPSA) is 79.0 Å². The van der Waals surface area contributed by atoms with Crippen LogP contribution in [0.5, 0.6) is 5.75 Å². The van der Waals surface area contributed by atoms with Gasteiger partial charge >= 0.3 is 0 Å². The van der Waals surface area contributed by atoms with E-state index in [0.717, 1.165) is 16.9 Å². The highest BCUT2D eigenvalue weighted by Crippen LogP contribution is 2.16. The predicted molar refractivity (Wildman–Crippen MR) is 123 cm³/mol. The van der Waals surface area contributed by atoms with E-state index in [2.05, 4.69) is 9.97 Å². The molecule has 0 saturated heterocycles. The molecule has 0 aliphatic carbocycles. The van der Waals surface area contributed by atoms with E-state index in [-0.39, 0.29) is 11.1 Å². The second-order valence-electron chi connectivity index (χ2n) is 7.56. The minimum Gasteiger partial charge on any atom is -0.497 e. The van der Waals surface area contributed by atoms with Crippen LogP contribution in [0.3, 0.4) is 0 Å². The molecule has 0 N–H and O–H groups in total. The highest BCUT2D eigenvalue weighted by molar-refractivity contribution is 5.91. The maximum atomic E-state index is 13.2. The van der Waals surface area contributed by atoms with Crippen LogP contribution in [-0.4, -0.2) is 26.2 Å². The molecule has 0 unspecified atom stereocenters. The van der Waals surface area contributed by atoms with Crippen LogP contribution in [0.2, 0.25) is 0 Å². The Labute approximate surface area is 183 Å². The highest BCUT2D eigenvalue weighted by Gasteiger charge is 2.11. The minimum absolute atomic E-state index is 0.182. The summed E-state index contributed by atoms with van der Waals surface area (Å²) in [6, 6.07) is 16.6. The van der Waals surface area contributed by atoms with Crippen molar-refractivity contribution in [3.05, 3.63) is 111 Å². The van der Waals surface area contributed by atoms with Gasteiger partial charge in [-0.25, -0.2) is 4.98 Å². The molecule has 0 fully saturated rings. The fourth-order valence-corrected chi connectivity index (χ4v) is 3.77. The standard InChI is InChI=1S/C25H20N4O3/c1-32-19-4-2-17(3-5-19)15-28-12-8-22-20(24(28)30)14-21-23(27-22)9-13-29(25(21)31)16-18-6-10-26-11-7-18/h2-14H,15-16H2,1H3. The van der Waals surface area contributed by atoms with Crippen LogP contribution in [-0.2, 0) is 13.1 Å². The lowest BCUT2D eigenvalue weighted by molar-refractivity contribution is 0.414. The maximum Gasteiger partial charge on any atom is 0.260 e. The molecule has 32 heavy (non-hydrogen) atoms. The molecule has 158 valence electrons. The van der Waals surface area contributed by atoms with Crippen molar-refractivity contribution in [1.29, 1.82) is 0 Å². The van der Waals surface area contributed by atoms with E-state index in [1.807, 2.05) is 42.5 Å². The summed E-state index contributed by atoms with van der Waals surface area (Å²) in [5.41, 5.74) is 2.72. The van der Waals surface area contributed by atoms with Gasteiger partial charge in [0, 0.05) is 24.8 Å². The summed E-state index contributed by atoms with van der Waals surface area (Å²) in [6.07, 6.45) is 6.86. The highest BCUT2D eigenvalue weighted by atomic mass is 16.5. The van der Waals surface area contributed by atoms with E-state index in [0.29, 0.717) is 34.9 Å². The second kappa shape index (κ2) is 8.11. The molecule has 0 amide bonds. The molecule has 0 spiro atoms. The molecular formula is C25H20N4O3. The van der Waals surface area contributed by atoms with Crippen LogP contribution in [0.25, 0.3) is 21.8 Å². The predicted octanol–water partition coefficient (Wildman–Crippen LogP) is 3.21. The Hall–Kier alpha value is -4.26. The lowest BCUT2D eigenvalue weighted by Gasteiger charge is -2.10. The molecule has 0 aliphatic heterocycles. The molecule has 1 aromatic carbocycles. The average Bonchev–Trinajstić information content (AvgIpc) is 2.83. The molecule has 0 radical (unpaired) electrons. The van der Waals surface area contributed by atoms with Gasteiger partial charge in [-0.3, -0.25) is 14.6 Å². The molecule has 5 rings (SSSR count). The summed E-state index contributed by atoms with van der Waals surface area (Å²) < 4.78 is 8.42. The first-order valence-corrected chi connectivity index (χ1v) is 10.2. The third-order valence-electron chi connectivity index (χ3n) is 5.50. The van der Waals surface area contributed by atoms with Crippen molar-refractivity contribution in [2.75, 3.05) is 7.11 Å². The summed E-state index contributed by atoms with van der Waals surface area (Å²) in [7, 11) is 1.62. The number of hydrogen-bond donors (Lipinski definition) is 0. The Morgan fingerprint density at radius 2 is 1.28 bits per heavy atom. The van der Waals surface area contributed by atoms with Crippen LogP contribution in [0.1, 0.15) is 11.1 Å². The zero-order valence-electron chi connectivity index (χ0n) is 17.4. The van der Waals surface area contributed by atoms with Gasteiger partial charge in [-0.15, -0.1) is 0 Å². The van der Waals surface area contributed by atoms with Gasteiger partial charge in [0.25, 0.3) is 11.1 Å². The first-order chi connectivity index (χ1) is 15.6. The number of pyridine rings is 4. The van der Waals surface area contributed by atoms with Gasteiger partial charge in [0.1, 0.15) is 5.75 Å². The molecule has 0 bridgehead atoms. The quantitative estimate of drug-likeness (QED) is 0.405. The molecule has 4 heterocycles. The number of ether oxygens (including phenoxy) is 1. The molecule has 5 aromatic rings. The van der Waals surface area contributed by atoms with Crippen LogP contribution < -0.4 is 15.9 Å². The molecule has 7 nitrogen and oxygen atoms in total. The summed E-state index contributed by atoms with van der Waals surface area (Å²) in [4.78, 5) is 34.9. The Morgan fingerprint density at radius 1 is 0.750 bits per heavy atom. The van der Waals surface area contributed by atoms with Crippen LogP contribution in [0.4, 0.5) is 0 Å². The van der Waals surface area contributed by atoms with Gasteiger partial charge in [-0.2, -0.15) is 0 Å². The number of fused-ring (bicyclic) bond motifs is 2. The fourth-order valence-electron chi connectivity index (χ4n) is 3.77. The normalized spacial score (nSPS) is 11.2. The number of aromatic nitrogens is 4. The Balaban J connectivity index is 1.57. The number of rotatable bonds is 5. The number of methoxy groups -OCH3 is 1. The van der Waals surface area contributed by atoms with Crippen LogP contribution in [0, 0.1) is 0 Å². The van der Waals surface area contributed by atoms with Crippen molar-refractivity contribution >= 4 is 21.8 Å². The lowest BCUT2D eigenvalue weighted by Crippen LogP contribution is -2.23. The van der Waals surface area contributed by atoms with Gasteiger partial charge < -0.3 is 13.9 Å². The Morgan fingerprint density at radius 3 is 1.81 bits per heavy atom. The van der Waals surface area contributed by atoms with Crippen molar-refractivity contribution in [3.8, 4) is 5.75 Å². The number of benzene rings is 1. The van der Waals surface area contributed by atoms with Gasteiger partial charge in [-0.1, -0.05) is 12.1 Å². The summed E-state index contributed by atoms with van der Waals surface area (Å²) in [5, 5.41) is 0.848. The minimum atomic E-state index is -0.184. The van der Waals surface area contributed by atoms with E-state index in [1.54, 1.807) is 53.2 Å². The SMILES string of the molecule is COc1ccc(Cn2ccc3nc4ccn(Cc5ccncc5)c(=O)c4cc3c2=O)cc1. The maximum absolute atomic E-state index is 13.2. The van der Waals surface area contributed by atoms with E-state index >= 15 is 0 Å². The first-order valence-electron chi connectivity index (χ1n) is 10.2. The Bertz CT molecular complexity index is 1540. The third-order valence-corrected chi connectivity index (χ3v) is 5.50. The number of hydrogen-bond acceptors (Lipinski definition) is 5. The number of nitrogens with zero attached hydrogens (tertiary/aromatic N) is 4. The average molecular weight is 424 g/mol. The molecule has 0 saturated carbocycles. The van der Waals surface area contributed by atoms with Gasteiger partial charge in [-0.05, 0) is 53.6 Å². The van der Waals surface area contributed by atoms with Crippen molar-refractivity contribution in [2.45, 2.75) is 13.1 Å². The Kier molecular flexibility index (Phi) is 4.99. The molecule has 0 atom stereocenters. The largest absolute Gasteiger partial charge is 0.497 e. The lowest BCUT2D eigenvalue weighted by atomic mass is 10.1. The van der Waals surface area contributed by atoms with Crippen molar-refractivity contribution < 1.29 is 4.74 Å². The smallest absolute Gasteiger partial charge is 0.260 e. The zero-order valence-corrected chi connectivity index (χ0v) is 17.4. The first kappa shape index (κ1) is 19.7. The third kappa shape index (κ3) is 3.65. The van der Waals surface area contributed by atoms with E-state index in [4.69, 9.17) is 4.74 Å². The van der Waals surface area contributed by atoms with E-state index in [9.17, 15) is 9.59 Å². The van der Waals surface area contributed by atoms with Crippen LogP contribution in [0.15, 0.2) is 89.0 Å². The summed E-state index contributed by atoms with van der Waals surface area (Å²) in [5.74, 6) is 0.762. The summed E-state index contributed by atoms with van der Waals surface area (Å²) in [6.45, 7) is 0.837. The molecule has 0 aliphatic rings. The molecular weight excluding hydrogens is 404 g/mol. The van der Waals surface area contributed by atoms with Crippen molar-refractivity contribution in [3.63, 3.8) is 0 Å².